The number of Topliss-reactive ketones (excluding diaryl/α,β-unsaturated/α-hetero) is 2. The molecule has 3 aromatic carbocycles. The minimum atomic E-state index is -1.40. The molecule has 5 rings (SSSR count). The summed E-state index contributed by atoms with van der Waals surface area (Å²) in [5, 5.41) is 0. The predicted octanol–water partition coefficient (Wildman–Crippen LogP) is 4.16. The van der Waals surface area contributed by atoms with Gasteiger partial charge in [0.2, 0.25) is 5.78 Å². The number of aryl methyl sites for hydroxylation is 1. The molecule has 0 aromatic heterocycles. The summed E-state index contributed by atoms with van der Waals surface area (Å²) >= 11 is 0. The van der Waals surface area contributed by atoms with Crippen molar-refractivity contribution in [3.05, 3.63) is 102 Å². The van der Waals surface area contributed by atoms with E-state index in [1.54, 1.807) is 18.2 Å². The number of hydrogen-bond acceptors (Lipinski definition) is 3. The van der Waals surface area contributed by atoms with Gasteiger partial charge in [-0.05, 0) is 36.1 Å². The van der Waals surface area contributed by atoms with Crippen molar-refractivity contribution < 1.29 is 14.4 Å². The Morgan fingerprint density at radius 1 is 0.724 bits per heavy atom. The van der Waals surface area contributed by atoms with E-state index in [1.165, 1.54) is 4.90 Å². The minimum absolute atomic E-state index is 0.245. The Bertz CT molecular complexity index is 1120. The minimum Gasteiger partial charge on any atom is -0.297 e. The number of hydrogen-bond donors (Lipinski definition) is 0. The van der Waals surface area contributed by atoms with Gasteiger partial charge in [-0.2, -0.15) is 0 Å². The number of amides is 1. The van der Waals surface area contributed by atoms with Crippen molar-refractivity contribution in [2.75, 3.05) is 4.90 Å². The Hall–Kier alpha value is -3.53. The summed E-state index contributed by atoms with van der Waals surface area (Å²) in [7, 11) is 0. The van der Waals surface area contributed by atoms with Crippen molar-refractivity contribution in [1.82, 2.24) is 0 Å². The first-order valence-corrected chi connectivity index (χ1v) is 9.75. The fourth-order valence-corrected chi connectivity index (χ4v) is 4.81. The molecule has 2 atom stereocenters. The van der Waals surface area contributed by atoms with Gasteiger partial charge in [-0.15, -0.1) is 0 Å². The second-order valence-corrected chi connectivity index (χ2v) is 7.61. The van der Waals surface area contributed by atoms with Crippen LogP contribution in [0.3, 0.4) is 0 Å². The molecule has 0 N–H and O–H groups in total. The molecule has 2 aliphatic rings. The smallest absolute Gasteiger partial charge is 0.296 e. The van der Waals surface area contributed by atoms with E-state index >= 15 is 0 Å². The molecule has 0 radical (unpaired) electrons. The molecular formula is C25H19NO3. The van der Waals surface area contributed by atoms with Gasteiger partial charge < -0.3 is 0 Å². The van der Waals surface area contributed by atoms with E-state index in [-0.39, 0.29) is 5.78 Å². The number of para-hydroxylation sites is 1. The van der Waals surface area contributed by atoms with Crippen LogP contribution in [-0.2, 0) is 16.0 Å². The van der Waals surface area contributed by atoms with E-state index in [0.29, 0.717) is 24.1 Å². The third kappa shape index (κ3) is 2.42. The van der Waals surface area contributed by atoms with Gasteiger partial charge in [0.05, 0.1) is 6.04 Å². The van der Waals surface area contributed by atoms with Crippen LogP contribution in [0.5, 0.6) is 0 Å². The Kier molecular flexibility index (Phi) is 3.95. The van der Waals surface area contributed by atoms with E-state index in [4.69, 9.17) is 0 Å². The Labute approximate surface area is 168 Å². The van der Waals surface area contributed by atoms with Crippen LogP contribution in [0.15, 0.2) is 84.9 Å². The third-order valence-electron chi connectivity index (χ3n) is 6.15. The highest BCUT2D eigenvalue weighted by Gasteiger charge is 2.64. The lowest BCUT2D eigenvalue weighted by atomic mass is 9.64. The van der Waals surface area contributed by atoms with Gasteiger partial charge in [-0.3, -0.25) is 19.3 Å². The fourth-order valence-electron chi connectivity index (χ4n) is 4.81. The summed E-state index contributed by atoms with van der Waals surface area (Å²) in [5.41, 5.74) is 1.51. The molecule has 0 saturated carbocycles. The maximum Gasteiger partial charge on any atom is 0.296 e. The molecule has 0 unspecified atom stereocenters. The van der Waals surface area contributed by atoms with Gasteiger partial charge in [-0.1, -0.05) is 72.8 Å². The molecule has 1 aliphatic heterocycles. The summed E-state index contributed by atoms with van der Waals surface area (Å²) in [4.78, 5) is 42.0. The molecule has 1 heterocycles. The van der Waals surface area contributed by atoms with Gasteiger partial charge in [0.15, 0.2) is 5.78 Å². The predicted molar refractivity (Wildman–Crippen MR) is 110 cm³/mol. The van der Waals surface area contributed by atoms with Crippen molar-refractivity contribution in [2.24, 2.45) is 5.41 Å². The van der Waals surface area contributed by atoms with Crippen LogP contribution < -0.4 is 4.90 Å². The zero-order valence-corrected chi connectivity index (χ0v) is 15.7. The molecular weight excluding hydrogens is 362 g/mol. The number of ketones is 2. The Balaban J connectivity index is 1.75. The number of rotatable bonds is 2. The van der Waals surface area contributed by atoms with Crippen LogP contribution in [0.2, 0.25) is 0 Å². The van der Waals surface area contributed by atoms with Crippen LogP contribution in [-0.4, -0.2) is 17.5 Å². The molecule has 1 amide bonds. The maximum absolute atomic E-state index is 13.8. The highest BCUT2D eigenvalue weighted by atomic mass is 16.2. The SMILES string of the molecule is O=C1C(=O)[C@@]2(CCc3ccccc3C2=O)[C@H](c2ccccc2)N1c1ccccc1. The summed E-state index contributed by atoms with van der Waals surface area (Å²) in [6.07, 6.45) is 0.920. The van der Waals surface area contributed by atoms with Gasteiger partial charge in [-0.25, -0.2) is 0 Å². The van der Waals surface area contributed by atoms with Gasteiger partial charge in [0.1, 0.15) is 5.41 Å². The van der Waals surface area contributed by atoms with Gasteiger partial charge >= 0.3 is 0 Å². The van der Waals surface area contributed by atoms with Crippen molar-refractivity contribution in [2.45, 2.75) is 18.9 Å². The normalized spacial score (nSPS) is 23.5. The van der Waals surface area contributed by atoms with Gasteiger partial charge in [0, 0.05) is 11.3 Å². The average Bonchev–Trinajstić information content (AvgIpc) is 3.00. The fraction of sp³-hybridized carbons (Fsp3) is 0.160. The number of fused-ring (bicyclic) bond motifs is 1. The summed E-state index contributed by atoms with van der Waals surface area (Å²) < 4.78 is 0. The standard InChI is InChI=1S/C25H19NO3/c27-22-20-14-8-7-9-17(20)15-16-25(22)21(18-10-3-1-4-11-18)26(24(29)23(25)28)19-12-5-2-6-13-19/h1-14,21H,15-16H2/t21-,25-/m0/s1. The molecule has 142 valence electrons. The number of carbonyl (C=O) groups excluding carboxylic acids is 3. The first-order chi connectivity index (χ1) is 14.1. The van der Waals surface area contributed by atoms with E-state index < -0.39 is 23.1 Å². The van der Waals surface area contributed by atoms with E-state index in [1.807, 2.05) is 66.7 Å². The number of nitrogens with zero attached hydrogens (tertiary/aromatic N) is 1. The number of benzene rings is 3. The lowest BCUT2D eigenvalue weighted by molar-refractivity contribution is -0.137. The molecule has 0 bridgehead atoms. The summed E-state index contributed by atoms with van der Waals surface area (Å²) in [6, 6.07) is 25.3. The van der Waals surface area contributed by atoms with E-state index in [9.17, 15) is 14.4 Å². The second kappa shape index (κ2) is 6.52. The van der Waals surface area contributed by atoms with E-state index in [2.05, 4.69) is 0 Å². The zero-order valence-electron chi connectivity index (χ0n) is 15.7. The van der Waals surface area contributed by atoms with E-state index in [0.717, 1.165) is 11.1 Å². The van der Waals surface area contributed by atoms with Crippen LogP contribution in [0, 0.1) is 5.41 Å². The quantitative estimate of drug-likeness (QED) is 0.495. The number of anilines is 1. The molecule has 4 nitrogen and oxygen atoms in total. The topological polar surface area (TPSA) is 54.5 Å². The Morgan fingerprint density at radius 3 is 2.07 bits per heavy atom. The highest BCUT2D eigenvalue weighted by molar-refractivity contribution is 6.51. The summed E-state index contributed by atoms with van der Waals surface area (Å²) in [6.45, 7) is 0. The summed E-state index contributed by atoms with van der Waals surface area (Å²) in [5.74, 6) is -1.46. The van der Waals surface area contributed by atoms with Crippen molar-refractivity contribution in [1.29, 1.82) is 0 Å². The lowest BCUT2D eigenvalue weighted by Gasteiger charge is -2.38. The third-order valence-corrected chi connectivity index (χ3v) is 6.15. The van der Waals surface area contributed by atoms with Crippen molar-refractivity contribution in [3.8, 4) is 0 Å². The van der Waals surface area contributed by atoms with Crippen LogP contribution in [0.25, 0.3) is 0 Å². The molecule has 1 fully saturated rings. The van der Waals surface area contributed by atoms with Crippen LogP contribution in [0.1, 0.15) is 33.9 Å². The maximum atomic E-state index is 13.8. The average molecular weight is 381 g/mol. The van der Waals surface area contributed by atoms with Crippen LogP contribution in [0.4, 0.5) is 5.69 Å². The lowest BCUT2D eigenvalue weighted by Crippen LogP contribution is -2.45. The van der Waals surface area contributed by atoms with Crippen molar-refractivity contribution >= 4 is 23.2 Å². The first-order valence-electron chi connectivity index (χ1n) is 9.75. The molecule has 29 heavy (non-hydrogen) atoms. The zero-order chi connectivity index (χ0) is 20.0. The second-order valence-electron chi connectivity index (χ2n) is 7.61. The highest BCUT2D eigenvalue weighted by Crippen LogP contribution is 2.53. The molecule has 4 heteroatoms. The first kappa shape index (κ1) is 17.6. The van der Waals surface area contributed by atoms with Gasteiger partial charge in [0.25, 0.3) is 5.91 Å². The van der Waals surface area contributed by atoms with Crippen molar-refractivity contribution in [3.63, 3.8) is 0 Å². The molecule has 1 saturated heterocycles. The molecule has 1 spiro atoms. The Morgan fingerprint density at radius 2 is 1.34 bits per heavy atom. The molecule has 1 aliphatic carbocycles. The number of carbonyl (C=O) groups is 3. The van der Waals surface area contributed by atoms with Crippen LogP contribution >= 0.6 is 0 Å². The largest absolute Gasteiger partial charge is 0.297 e. The monoisotopic (exact) mass is 381 g/mol. The molecule has 3 aromatic rings.